The Kier molecular flexibility index (Phi) is 4.36. The van der Waals surface area contributed by atoms with Gasteiger partial charge in [0.25, 0.3) is 5.91 Å². The molecule has 3 heterocycles. The summed E-state index contributed by atoms with van der Waals surface area (Å²) in [5.74, 6) is 0.471. The molecule has 0 aliphatic carbocycles. The molecule has 3 aliphatic rings. The maximum atomic E-state index is 13.5. The zero-order chi connectivity index (χ0) is 21.9. The third-order valence-corrected chi connectivity index (χ3v) is 6.18. The second-order valence-electron chi connectivity index (χ2n) is 8.39. The Morgan fingerprint density at radius 3 is 2.48 bits per heavy atom. The van der Waals surface area contributed by atoms with Crippen molar-refractivity contribution in [2.75, 3.05) is 11.9 Å². The Labute approximate surface area is 181 Å². The van der Waals surface area contributed by atoms with E-state index >= 15 is 0 Å². The number of imide groups is 1. The van der Waals surface area contributed by atoms with E-state index < -0.39 is 12.2 Å². The first kappa shape index (κ1) is 19.4. The molecule has 7 heteroatoms. The third kappa shape index (κ3) is 2.91. The Balaban J connectivity index is 1.51. The lowest BCUT2D eigenvalue weighted by atomic mass is 10.1. The number of rotatable bonds is 3. The lowest BCUT2D eigenvalue weighted by Crippen LogP contribution is -2.63. The average molecular weight is 415 g/mol. The highest BCUT2D eigenvalue weighted by atomic mass is 16.2. The fourth-order valence-electron chi connectivity index (χ4n) is 4.52. The van der Waals surface area contributed by atoms with Crippen molar-refractivity contribution in [2.24, 2.45) is 4.99 Å². The minimum Gasteiger partial charge on any atom is -0.302 e. The number of guanidine groups is 1. The summed E-state index contributed by atoms with van der Waals surface area (Å²) in [6.07, 6.45) is 1.42. The fraction of sp³-hybridized carbons (Fsp3) is 0.292. The van der Waals surface area contributed by atoms with E-state index in [0.29, 0.717) is 5.96 Å². The number of anilines is 1. The molecule has 0 aromatic heterocycles. The van der Waals surface area contributed by atoms with Crippen molar-refractivity contribution >= 4 is 23.6 Å². The maximum Gasteiger partial charge on any atom is 0.328 e. The molecule has 158 valence electrons. The molecule has 0 saturated carbocycles. The van der Waals surface area contributed by atoms with E-state index in [1.54, 1.807) is 11.9 Å². The van der Waals surface area contributed by atoms with Crippen LogP contribution in [0.3, 0.4) is 0 Å². The zero-order valence-electron chi connectivity index (χ0n) is 18.1. The van der Waals surface area contributed by atoms with Gasteiger partial charge in [-0.15, -0.1) is 0 Å². The molecule has 0 bridgehead atoms. The summed E-state index contributed by atoms with van der Waals surface area (Å²) < 4.78 is 0. The lowest BCUT2D eigenvalue weighted by molar-refractivity contribution is -0.137. The van der Waals surface area contributed by atoms with E-state index in [1.165, 1.54) is 4.90 Å². The van der Waals surface area contributed by atoms with Gasteiger partial charge >= 0.3 is 6.03 Å². The van der Waals surface area contributed by atoms with Crippen LogP contribution in [-0.4, -0.2) is 51.9 Å². The smallest absolute Gasteiger partial charge is 0.302 e. The van der Waals surface area contributed by atoms with Gasteiger partial charge in [-0.05, 0) is 43.5 Å². The Morgan fingerprint density at radius 2 is 1.74 bits per heavy atom. The number of allylic oxidation sites excluding steroid dienone is 1. The van der Waals surface area contributed by atoms with E-state index in [0.717, 1.165) is 28.1 Å². The van der Waals surface area contributed by atoms with Crippen LogP contribution in [0.2, 0.25) is 0 Å². The van der Waals surface area contributed by atoms with E-state index in [2.05, 4.69) is 36.9 Å². The van der Waals surface area contributed by atoms with Gasteiger partial charge in [0.15, 0.2) is 12.2 Å². The van der Waals surface area contributed by atoms with Gasteiger partial charge < -0.3 is 9.80 Å². The molecule has 7 nitrogen and oxygen atoms in total. The molecule has 0 N–H and O–H groups in total. The molecule has 3 aliphatic heterocycles. The highest BCUT2D eigenvalue weighted by molar-refractivity contribution is 6.10. The number of likely N-dealkylation sites (N-methyl/N-ethyl adjacent to an activating group) is 1. The van der Waals surface area contributed by atoms with Crippen LogP contribution < -0.4 is 4.90 Å². The predicted octanol–water partition coefficient (Wildman–Crippen LogP) is 3.45. The van der Waals surface area contributed by atoms with E-state index in [-0.39, 0.29) is 18.5 Å². The predicted molar refractivity (Wildman–Crippen MR) is 119 cm³/mol. The molecule has 5 rings (SSSR count). The molecule has 2 aromatic rings. The molecule has 31 heavy (non-hydrogen) atoms. The molecule has 1 fully saturated rings. The number of aryl methyl sites for hydroxylation is 2. The van der Waals surface area contributed by atoms with Crippen LogP contribution in [0.1, 0.15) is 23.6 Å². The van der Waals surface area contributed by atoms with Crippen LogP contribution in [0.25, 0.3) is 0 Å². The summed E-state index contributed by atoms with van der Waals surface area (Å²) in [4.78, 5) is 38.3. The Bertz CT molecular complexity index is 1140. The summed E-state index contributed by atoms with van der Waals surface area (Å²) in [7, 11) is 1.72. The quantitative estimate of drug-likeness (QED) is 0.771. The molecule has 3 amide bonds. The van der Waals surface area contributed by atoms with Gasteiger partial charge in [-0.2, -0.15) is 0 Å². The molecule has 0 radical (unpaired) electrons. The van der Waals surface area contributed by atoms with E-state index in [9.17, 15) is 9.59 Å². The topological polar surface area (TPSA) is 59.5 Å². The number of hydrogen-bond donors (Lipinski definition) is 0. The lowest BCUT2D eigenvalue weighted by Gasteiger charge is -2.40. The van der Waals surface area contributed by atoms with Crippen molar-refractivity contribution in [1.29, 1.82) is 0 Å². The molecule has 0 spiro atoms. The summed E-state index contributed by atoms with van der Waals surface area (Å²) in [5.41, 5.74) is 5.23. The second-order valence-corrected chi connectivity index (χ2v) is 8.39. The first-order valence-corrected chi connectivity index (χ1v) is 10.4. The summed E-state index contributed by atoms with van der Waals surface area (Å²) in [6, 6.07) is 15.0. The zero-order valence-corrected chi connectivity index (χ0v) is 18.1. The number of carbonyl (C=O) groups is 2. The second kappa shape index (κ2) is 6.97. The first-order valence-electron chi connectivity index (χ1n) is 10.4. The number of amides is 3. The maximum absolute atomic E-state index is 13.5. The van der Waals surface area contributed by atoms with Crippen molar-refractivity contribution in [3.05, 3.63) is 77.1 Å². The van der Waals surface area contributed by atoms with Crippen LogP contribution in [0.5, 0.6) is 0 Å². The van der Waals surface area contributed by atoms with E-state index in [1.807, 2.05) is 48.4 Å². The summed E-state index contributed by atoms with van der Waals surface area (Å²) in [5, 5.41) is 0. The average Bonchev–Trinajstić information content (AvgIpc) is 3.27. The van der Waals surface area contributed by atoms with Gasteiger partial charge in [0, 0.05) is 18.9 Å². The highest BCUT2D eigenvalue weighted by Gasteiger charge is 2.54. The number of nitrogens with zero attached hydrogens (tertiary/aromatic N) is 5. The normalized spacial score (nSPS) is 22.6. The Hall–Kier alpha value is -3.61. The van der Waals surface area contributed by atoms with Crippen LogP contribution >= 0.6 is 0 Å². The molecular weight excluding hydrogens is 390 g/mol. The largest absolute Gasteiger partial charge is 0.328 e. The van der Waals surface area contributed by atoms with Gasteiger partial charge in [0.05, 0.1) is 12.2 Å². The van der Waals surface area contributed by atoms with Gasteiger partial charge in [-0.25, -0.2) is 9.79 Å². The van der Waals surface area contributed by atoms with Crippen molar-refractivity contribution in [1.82, 2.24) is 14.7 Å². The number of fused-ring (bicyclic) bond motifs is 3. The molecule has 2 aromatic carbocycles. The third-order valence-electron chi connectivity index (χ3n) is 6.18. The molecule has 1 saturated heterocycles. The van der Waals surface area contributed by atoms with Crippen LogP contribution in [-0.2, 0) is 11.3 Å². The minimum atomic E-state index is -0.563. The number of carbonyl (C=O) groups excluding carboxylic acids is 2. The monoisotopic (exact) mass is 415 g/mol. The van der Waals surface area contributed by atoms with Crippen molar-refractivity contribution in [2.45, 2.75) is 39.5 Å². The van der Waals surface area contributed by atoms with Gasteiger partial charge in [0.2, 0.25) is 5.96 Å². The number of aliphatic imine (C=N–C) groups is 1. The highest BCUT2D eigenvalue weighted by Crippen LogP contribution is 2.38. The number of urea groups is 1. The Morgan fingerprint density at radius 1 is 1.00 bits per heavy atom. The summed E-state index contributed by atoms with van der Waals surface area (Å²) >= 11 is 0. The van der Waals surface area contributed by atoms with Crippen molar-refractivity contribution < 1.29 is 9.59 Å². The van der Waals surface area contributed by atoms with Crippen molar-refractivity contribution in [3.8, 4) is 0 Å². The molecule has 2 unspecified atom stereocenters. The first-order chi connectivity index (χ1) is 14.9. The molecule has 2 atom stereocenters. The van der Waals surface area contributed by atoms with Crippen LogP contribution in [0, 0.1) is 13.8 Å². The standard InChI is InChI=1S/C24H25N5O2/c1-15-10-11-16(2)19(12-15)29-17(3)13-27-20-21(25-23(27)29)26(4)24(31)28(22(20)30)14-18-8-6-5-7-9-18/h5-13,20-21H,14H2,1-4H3. The van der Waals surface area contributed by atoms with E-state index in [4.69, 9.17) is 4.99 Å². The van der Waals surface area contributed by atoms with Crippen LogP contribution in [0.4, 0.5) is 10.5 Å². The van der Waals surface area contributed by atoms with Gasteiger partial charge in [0.1, 0.15) is 0 Å². The van der Waals surface area contributed by atoms with Gasteiger partial charge in [-0.3, -0.25) is 14.6 Å². The minimum absolute atomic E-state index is 0.220. The van der Waals surface area contributed by atoms with Crippen molar-refractivity contribution in [3.63, 3.8) is 0 Å². The summed E-state index contributed by atoms with van der Waals surface area (Å²) in [6.45, 7) is 6.39. The van der Waals surface area contributed by atoms with Gasteiger partial charge in [-0.1, -0.05) is 42.5 Å². The molecular formula is C24H25N5O2. The fourth-order valence-corrected chi connectivity index (χ4v) is 4.52. The van der Waals surface area contributed by atoms with Crippen LogP contribution in [0.15, 0.2) is 65.4 Å². The SMILES string of the molecule is CC1=CN2C(=NC3C2C(=O)N(Cc2ccccc2)C(=O)N3C)N1c1cc(C)ccc1C. The number of benzene rings is 2. The number of hydrogen-bond acceptors (Lipinski definition) is 5.